The number of aromatic nitrogens is 3. The van der Waals surface area contributed by atoms with Crippen molar-refractivity contribution in [3.63, 3.8) is 0 Å². The molecule has 3 aromatic heterocycles. The quantitative estimate of drug-likeness (QED) is 0.733. The fourth-order valence-electron chi connectivity index (χ4n) is 3.75. The minimum absolute atomic E-state index is 0.0429. The highest BCUT2D eigenvalue weighted by molar-refractivity contribution is 7.11. The molecule has 1 fully saturated rings. The van der Waals surface area contributed by atoms with Crippen LogP contribution in [0.5, 0.6) is 0 Å². The van der Waals surface area contributed by atoms with Crippen molar-refractivity contribution >= 4 is 22.9 Å². The lowest BCUT2D eigenvalue weighted by atomic mass is 10.2. The van der Waals surface area contributed by atoms with E-state index in [1.807, 2.05) is 40.6 Å². The summed E-state index contributed by atoms with van der Waals surface area (Å²) in [6, 6.07) is 5.98. The number of pyridine rings is 1. The van der Waals surface area contributed by atoms with Crippen LogP contribution in [0.25, 0.3) is 5.65 Å². The molecule has 7 heteroatoms. The van der Waals surface area contributed by atoms with Gasteiger partial charge in [-0.05, 0) is 45.7 Å². The number of carbonyl (C=O) groups excluding carboxylic acids is 1. The molecule has 1 amide bonds. The Morgan fingerprint density at radius 1 is 1.26 bits per heavy atom. The molecule has 0 bridgehead atoms. The van der Waals surface area contributed by atoms with E-state index in [9.17, 15) is 4.79 Å². The van der Waals surface area contributed by atoms with Gasteiger partial charge in [-0.3, -0.25) is 4.79 Å². The number of fused-ring (bicyclic) bond motifs is 1. The Balaban J connectivity index is 1.62. The molecule has 6 nitrogen and oxygen atoms in total. The maximum absolute atomic E-state index is 13.0. The van der Waals surface area contributed by atoms with Crippen molar-refractivity contribution in [3.8, 4) is 0 Å². The van der Waals surface area contributed by atoms with Crippen molar-refractivity contribution < 1.29 is 4.79 Å². The lowest BCUT2D eigenvalue weighted by molar-refractivity contribution is 0.0786. The second kappa shape index (κ2) is 7.40. The normalized spacial score (nSPS) is 15.6. The Hall–Kier alpha value is -2.25. The van der Waals surface area contributed by atoms with Gasteiger partial charge in [0.2, 0.25) is 0 Å². The topological polar surface area (TPSA) is 62.5 Å². The Kier molecular flexibility index (Phi) is 4.97. The third-order valence-corrected chi connectivity index (χ3v) is 6.05. The summed E-state index contributed by atoms with van der Waals surface area (Å²) in [7, 11) is 0. The summed E-state index contributed by atoms with van der Waals surface area (Å²) < 4.78 is 2.02. The molecule has 1 atom stereocenters. The second-order valence-corrected chi connectivity index (χ2v) is 8.52. The highest BCUT2D eigenvalue weighted by Crippen LogP contribution is 2.24. The molecule has 1 saturated heterocycles. The van der Waals surface area contributed by atoms with Crippen LogP contribution in [-0.2, 0) is 6.54 Å². The number of aryl methyl sites for hydroxylation is 2. The van der Waals surface area contributed by atoms with Crippen LogP contribution < -0.4 is 5.32 Å². The molecule has 0 aromatic carbocycles. The first kappa shape index (κ1) is 18.1. The zero-order valence-corrected chi connectivity index (χ0v) is 16.8. The average Bonchev–Trinajstić information content (AvgIpc) is 3.37. The van der Waals surface area contributed by atoms with Crippen LogP contribution in [0.1, 0.15) is 57.6 Å². The molecule has 0 spiro atoms. The van der Waals surface area contributed by atoms with Gasteiger partial charge < -0.3 is 14.6 Å². The predicted molar refractivity (Wildman–Crippen MR) is 107 cm³/mol. The van der Waals surface area contributed by atoms with Gasteiger partial charge in [0.05, 0.1) is 16.4 Å². The molecule has 0 aliphatic carbocycles. The Morgan fingerprint density at radius 3 is 2.74 bits per heavy atom. The van der Waals surface area contributed by atoms with E-state index in [4.69, 9.17) is 0 Å². The minimum Gasteiger partial charge on any atom is -0.337 e. The van der Waals surface area contributed by atoms with Gasteiger partial charge in [-0.25, -0.2) is 9.97 Å². The standard InChI is InChI=1S/C20H25N5OS/c1-13(18-14(2)27-15(3)22-18)21-12-16-19(20(26)24-9-6-7-10-24)23-17-8-4-5-11-25(16)17/h4-5,8,11,13,21H,6-7,9-10,12H2,1-3H3/t13-/m1/s1. The molecule has 27 heavy (non-hydrogen) atoms. The van der Waals surface area contributed by atoms with Gasteiger partial charge in [-0.15, -0.1) is 11.3 Å². The molecule has 1 aliphatic rings. The largest absolute Gasteiger partial charge is 0.337 e. The predicted octanol–water partition coefficient (Wildman–Crippen LogP) is 3.49. The molecule has 142 valence electrons. The third kappa shape index (κ3) is 3.49. The number of nitrogens with one attached hydrogen (secondary N) is 1. The van der Waals surface area contributed by atoms with Crippen LogP contribution in [0.15, 0.2) is 24.4 Å². The second-order valence-electron chi connectivity index (χ2n) is 7.11. The van der Waals surface area contributed by atoms with E-state index in [1.165, 1.54) is 4.88 Å². The monoisotopic (exact) mass is 383 g/mol. The van der Waals surface area contributed by atoms with Gasteiger partial charge in [0.25, 0.3) is 5.91 Å². The molecule has 0 saturated carbocycles. The third-order valence-electron chi connectivity index (χ3n) is 5.15. The molecule has 1 aliphatic heterocycles. The van der Waals surface area contributed by atoms with Gasteiger partial charge in [-0.1, -0.05) is 6.07 Å². The van der Waals surface area contributed by atoms with Crippen molar-refractivity contribution in [2.45, 2.75) is 46.2 Å². The van der Waals surface area contributed by atoms with E-state index < -0.39 is 0 Å². The van der Waals surface area contributed by atoms with Crippen LogP contribution in [0, 0.1) is 13.8 Å². The van der Waals surface area contributed by atoms with Gasteiger partial charge in [0.15, 0.2) is 5.69 Å². The molecular weight excluding hydrogens is 358 g/mol. The van der Waals surface area contributed by atoms with E-state index >= 15 is 0 Å². The summed E-state index contributed by atoms with van der Waals surface area (Å²) in [4.78, 5) is 25.5. The molecule has 4 heterocycles. The highest BCUT2D eigenvalue weighted by atomic mass is 32.1. The van der Waals surface area contributed by atoms with Crippen LogP contribution in [-0.4, -0.2) is 38.3 Å². The molecule has 0 radical (unpaired) electrons. The molecule has 4 rings (SSSR count). The average molecular weight is 384 g/mol. The maximum Gasteiger partial charge on any atom is 0.274 e. The van der Waals surface area contributed by atoms with Gasteiger partial charge in [-0.2, -0.15) is 0 Å². The van der Waals surface area contributed by atoms with E-state index in [2.05, 4.69) is 29.1 Å². The Labute approximate surface area is 163 Å². The Morgan fingerprint density at radius 2 is 2.04 bits per heavy atom. The number of thiazole rings is 1. The fraction of sp³-hybridized carbons (Fsp3) is 0.450. The number of likely N-dealkylation sites (tertiary alicyclic amines) is 1. The van der Waals surface area contributed by atoms with E-state index in [-0.39, 0.29) is 11.9 Å². The number of hydrogen-bond acceptors (Lipinski definition) is 5. The van der Waals surface area contributed by atoms with Gasteiger partial charge in [0.1, 0.15) is 5.65 Å². The lowest BCUT2D eigenvalue weighted by Crippen LogP contribution is -2.30. The van der Waals surface area contributed by atoms with E-state index in [1.54, 1.807) is 11.3 Å². The minimum atomic E-state index is 0.0429. The summed E-state index contributed by atoms with van der Waals surface area (Å²) >= 11 is 1.72. The molecule has 0 unspecified atom stereocenters. The van der Waals surface area contributed by atoms with Crippen molar-refractivity contribution in [1.29, 1.82) is 0 Å². The summed E-state index contributed by atoms with van der Waals surface area (Å²) in [5.74, 6) is 0.0429. The first-order chi connectivity index (χ1) is 13.0. The Bertz CT molecular complexity index is 970. The van der Waals surface area contributed by atoms with Crippen molar-refractivity contribution in [1.82, 2.24) is 24.6 Å². The van der Waals surface area contributed by atoms with Crippen LogP contribution in [0.3, 0.4) is 0 Å². The fourth-order valence-corrected chi connectivity index (χ4v) is 4.66. The maximum atomic E-state index is 13.0. The summed E-state index contributed by atoms with van der Waals surface area (Å²) in [5.41, 5.74) is 3.37. The molecule has 1 N–H and O–H groups in total. The SMILES string of the molecule is Cc1nc([C@@H](C)NCc2c(C(=O)N3CCCC3)nc3ccccn23)c(C)s1. The summed E-state index contributed by atoms with van der Waals surface area (Å²) in [6.45, 7) is 8.48. The first-order valence-electron chi connectivity index (χ1n) is 9.47. The summed E-state index contributed by atoms with van der Waals surface area (Å²) in [6.07, 6.45) is 4.13. The van der Waals surface area contributed by atoms with E-state index in [0.29, 0.717) is 12.2 Å². The van der Waals surface area contributed by atoms with Crippen molar-refractivity contribution in [3.05, 3.63) is 51.4 Å². The highest BCUT2D eigenvalue weighted by Gasteiger charge is 2.26. The first-order valence-corrected chi connectivity index (χ1v) is 10.3. The van der Waals surface area contributed by atoms with Gasteiger partial charge in [0, 0.05) is 36.8 Å². The van der Waals surface area contributed by atoms with Crippen molar-refractivity contribution in [2.24, 2.45) is 0 Å². The number of imidazole rings is 1. The molecule has 3 aromatic rings. The van der Waals surface area contributed by atoms with Crippen LogP contribution >= 0.6 is 11.3 Å². The lowest BCUT2D eigenvalue weighted by Gasteiger charge is -2.16. The number of carbonyl (C=O) groups is 1. The number of amides is 1. The van der Waals surface area contributed by atoms with Crippen molar-refractivity contribution in [2.75, 3.05) is 13.1 Å². The van der Waals surface area contributed by atoms with Crippen LogP contribution in [0.2, 0.25) is 0 Å². The summed E-state index contributed by atoms with van der Waals surface area (Å²) in [5, 5.41) is 4.63. The zero-order chi connectivity index (χ0) is 19.0. The number of nitrogens with zero attached hydrogens (tertiary/aromatic N) is 4. The zero-order valence-electron chi connectivity index (χ0n) is 16.0. The van der Waals surface area contributed by atoms with Gasteiger partial charge >= 0.3 is 0 Å². The van der Waals surface area contributed by atoms with E-state index in [0.717, 1.165) is 48.0 Å². The smallest absolute Gasteiger partial charge is 0.274 e. The number of rotatable bonds is 5. The molecular formula is C20H25N5OS. The number of hydrogen-bond donors (Lipinski definition) is 1. The van der Waals surface area contributed by atoms with Crippen LogP contribution in [0.4, 0.5) is 0 Å².